The Morgan fingerprint density at radius 3 is 2.58 bits per heavy atom. The van der Waals surface area contributed by atoms with Crippen molar-refractivity contribution in [1.29, 1.82) is 0 Å². The molecule has 9 heteroatoms. The Balaban J connectivity index is 1.98. The second kappa shape index (κ2) is 7.52. The molecule has 0 fully saturated rings. The smallest absolute Gasteiger partial charge is 0.227 e. The largest absolute Gasteiger partial charge is 0.354 e. The molecule has 1 N–H and O–H groups in total. The number of amides is 1. The topological polar surface area (TPSA) is 102 Å². The molecule has 1 amide bonds. The fourth-order valence-corrected chi connectivity index (χ4v) is 3.13. The molecule has 1 aromatic heterocycles. The summed E-state index contributed by atoms with van der Waals surface area (Å²) < 4.78 is 42.2. The average molecular weight is 355 g/mol. The second-order valence-electron chi connectivity index (χ2n) is 5.54. The summed E-state index contributed by atoms with van der Waals surface area (Å²) in [5.41, 5.74) is 0. The fraction of sp³-hybridized carbons (Fsp3) is 0.400. The highest BCUT2D eigenvalue weighted by Crippen LogP contribution is 2.15. The molecule has 0 aliphatic heterocycles. The van der Waals surface area contributed by atoms with Gasteiger partial charge in [-0.2, -0.15) is 4.98 Å². The number of hydrogen-bond acceptors (Lipinski definition) is 6. The van der Waals surface area contributed by atoms with Gasteiger partial charge in [-0.1, -0.05) is 5.16 Å². The lowest BCUT2D eigenvalue weighted by molar-refractivity contribution is -0.121. The van der Waals surface area contributed by atoms with E-state index in [1.54, 1.807) is 0 Å². The summed E-state index contributed by atoms with van der Waals surface area (Å²) in [6.07, 6.45) is 0.396. The molecule has 0 radical (unpaired) electrons. The first kappa shape index (κ1) is 18.1. The second-order valence-corrected chi connectivity index (χ2v) is 7.53. The lowest BCUT2D eigenvalue weighted by Crippen LogP contribution is -2.30. The van der Waals surface area contributed by atoms with E-state index in [2.05, 4.69) is 15.5 Å². The lowest BCUT2D eigenvalue weighted by atomic mass is 10.2. The first-order valence-electron chi connectivity index (χ1n) is 7.35. The number of nitrogens with one attached hydrogen (secondary N) is 1. The molecule has 1 heterocycles. The van der Waals surface area contributed by atoms with Crippen LogP contribution in [-0.4, -0.2) is 30.5 Å². The Bertz CT molecular complexity index is 800. The summed E-state index contributed by atoms with van der Waals surface area (Å²) in [5.74, 6) is -0.934. The Morgan fingerprint density at radius 2 is 1.96 bits per heavy atom. The van der Waals surface area contributed by atoms with E-state index >= 15 is 0 Å². The molecular formula is C15H18FN3O4S. The Hall–Kier alpha value is -2.29. The van der Waals surface area contributed by atoms with Gasteiger partial charge < -0.3 is 9.84 Å². The monoisotopic (exact) mass is 355 g/mol. The number of carbonyl (C=O) groups is 1. The normalized spacial score (nSPS) is 11.7. The van der Waals surface area contributed by atoms with E-state index in [0.29, 0.717) is 0 Å². The highest BCUT2D eigenvalue weighted by atomic mass is 32.2. The van der Waals surface area contributed by atoms with E-state index in [4.69, 9.17) is 4.52 Å². The molecule has 24 heavy (non-hydrogen) atoms. The number of aryl methyl sites for hydroxylation is 1. The van der Waals surface area contributed by atoms with Gasteiger partial charge in [0.2, 0.25) is 11.8 Å². The minimum Gasteiger partial charge on any atom is -0.354 e. The summed E-state index contributed by atoms with van der Waals surface area (Å²) in [5, 5.41) is 6.34. The maximum absolute atomic E-state index is 12.9. The minimum absolute atomic E-state index is 0.00130. The van der Waals surface area contributed by atoms with Crippen LogP contribution >= 0.6 is 0 Å². The molecule has 1 aromatic carbocycles. The quantitative estimate of drug-likeness (QED) is 0.758. The number of aromatic nitrogens is 2. The number of hydrogen-bond donors (Lipinski definition) is 1. The average Bonchev–Trinajstić information content (AvgIpc) is 2.91. The van der Waals surface area contributed by atoms with Gasteiger partial charge in [-0.3, -0.25) is 4.79 Å². The van der Waals surface area contributed by atoms with Gasteiger partial charge in [0.05, 0.1) is 4.90 Å². The summed E-state index contributed by atoms with van der Waals surface area (Å²) in [7, 11) is -3.69. The van der Waals surface area contributed by atoms with Gasteiger partial charge in [0.25, 0.3) is 0 Å². The molecule has 0 bridgehead atoms. The SMILES string of the molecule is CC(C)NC(=O)CCc1nc(CS(=O)(=O)c2ccc(F)cc2)no1. The van der Waals surface area contributed by atoms with Crippen molar-refractivity contribution in [3.05, 3.63) is 41.8 Å². The van der Waals surface area contributed by atoms with Crippen LogP contribution in [0.5, 0.6) is 0 Å². The molecule has 2 rings (SSSR count). The maximum atomic E-state index is 12.9. The zero-order valence-electron chi connectivity index (χ0n) is 13.3. The molecule has 0 spiro atoms. The van der Waals surface area contributed by atoms with E-state index in [9.17, 15) is 17.6 Å². The third kappa shape index (κ3) is 5.12. The minimum atomic E-state index is -3.69. The first-order chi connectivity index (χ1) is 11.3. The predicted molar refractivity (Wildman–Crippen MR) is 83.2 cm³/mol. The van der Waals surface area contributed by atoms with E-state index in [0.717, 1.165) is 12.1 Å². The van der Waals surface area contributed by atoms with Crippen LogP contribution in [0, 0.1) is 5.82 Å². The lowest BCUT2D eigenvalue weighted by Gasteiger charge is -2.06. The van der Waals surface area contributed by atoms with Crippen molar-refractivity contribution in [3.63, 3.8) is 0 Å². The Labute approximate surface area is 139 Å². The molecule has 0 saturated carbocycles. The van der Waals surface area contributed by atoms with Crippen molar-refractivity contribution in [2.24, 2.45) is 0 Å². The number of benzene rings is 1. The zero-order chi connectivity index (χ0) is 17.7. The molecule has 0 saturated heterocycles. The van der Waals surface area contributed by atoms with Crippen LogP contribution in [0.3, 0.4) is 0 Å². The van der Waals surface area contributed by atoms with E-state index in [-0.39, 0.29) is 41.4 Å². The fourth-order valence-electron chi connectivity index (χ4n) is 1.96. The molecule has 2 aromatic rings. The number of nitrogens with zero attached hydrogens (tertiary/aromatic N) is 2. The molecule has 0 aliphatic rings. The summed E-state index contributed by atoms with van der Waals surface area (Å²) in [6, 6.07) is 4.55. The van der Waals surface area contributed by atoms with Crippen molar-refractivity contribution in [2.75, 3.05) is 0 Å². The zero-order valence-corrected chi connectivity index (χ0v) is 14.1. The highest BCUT2D eigenvalue weighted by molar-refractivity contribution is 7.90. The van der Waals surface area contributed by atoms with Crippen LogP contribution in [0.4, 0.5) is 4.39 Å². The van der Waals surface area contributed by atoms with Crippen molar-refractivity contribution in [1.82, 2.24) is 15.5 Å². The molecule has 7 nitrogen and oxygen atoms in total. The standard InChI is InChI=1S/C15H18FN3O4S/c1-10(2)17-14(20)7-8-15-18-13(19-23-15)9-24(21,22)12-5-3-11(16)4-6-12/h3-6,10H,7-9H2,1-2H3,(H,17,20). The van der Waals surface area contributed by atoms with Crippen LogP contribution < -0.4 is 5.32 Å². The number of sulfone groups is 1. The van der Waals surface area contributed by atoms with Crippen molar-refractivity contribution >= 4 is 15.7 Å². The molecular weight excluding hydrogens is 337 g/mol. The predicted octanol–water partition coefficient (Wildman–Crippen LogP) is 1.64. The summed E-state index contributed by atoms with van der Waals surface area (Å²) in [4.78, 5) is 15.5. The molecule has 0 unspecified atom stereocenters. The highest BCUT2D eigenvalue weighted by Gasteiger charge is 2.19. The molecule has 130 valence electrons. The van der Waals surface area contributed by atoms with Gasteiger partial charge in [-0.25, -0.2) is 12.8 Å². The van der Waals surface area contributed by atoms with Crippen LogP contribution in [0.2, 0.25) is 0 Å². The van der Waals surface area contributed by atoms with Crippen LogP contribution in [-0.2, 0) is 26.8 Å². The maximum Gasteiger partial charge on any atom is 0.227 e. The van der Waals surface area contributed by atoms with Crippen LogP contribution in [0.25, 0.3) is 0 Å². The third-order valence-corrected chi connectivity index (χ3v) is 4.65. The van der Waals surface area contributed by atoms with Gasteiger partial charge in [0.15, 0.2) is 15.7 Å². The Morgan fingerprint density at radius 1 is 1.29 bits per heavy atom. The number of carbonyl (C=O) groups excluding carboxylic acids is 1. The number of rotatable bonds is 7. The van der Waals surface area contributed by atoms with Gasteiger partial charge in [-0.05, 0) is 38.1 Å². The third-order valence-electron chi connectivity index (χ3n) is 3.02. The summed E-state index contributed by atoms with van der Waals surface area (Å²) in [6.45, 7) is 3.70. The molecule has 0 aliphatic carbocycles. The van der Waals surface area contributed by atoms with E-state index in [1.807, 2.05) is 13.8 Å². The van der Waals surface area contributed by atoms with Gasteiger partial charge in [0.1, 0.15) is 11.6 Å². The van der Waals surface area contributed by atoms with E-state index in [1.165, 1.54) is 12.1 Å². The van der Waals surface area contributed by atoms with Gasteiger partial charge >= 0.3 is 0 Å². The summed E-state index contributed by atoms with van der Waals surface area (Å²) >= 11 is 0. The Kier molecular flexibility index (Phi) is 5.66. The van der Waals surface area contributed by atoms with E-state index < -0.39 is 21.4 Å². The molecule has 0 atom stereocenters. The van der Waals surface area contributed by atoms with Gasteiger partial charge in [-0.15, -0.1) is 0 Å². The van der Waals surface area contributed by atoms with Crippen molar-refractivity contribution in [3.8, 4) is 0 Å². The van der Waals surface area contributed by atoms with Crippen molar-refractivity contribution < 1.29 is 22.1 Å². The van der Waals surface area contributed by atoms with Crippen LogP contribution in [0.1, 0.15) is 32.0 Å². The first-order valence-corrected chi connectivity index (χ1v) is 9.00. The van der Waals surface area contributed by atoms with Crippen molar-refractivity contribution in [2.45, 2.75) is 43.4 Å². The van der Waals surface area contributed by atoms with Crippen LogP contribution in [0.15, 0.2) is 33.7 Å². The van der Waals surface area contributed by atoms with Gasteiger partial charge in [0, 0.05) is 18.9 Å². The number of halogens is 1.